The Morgan fingerprint density at radius 2 is 2.07 bits per heavy atom. The van der Waals surface area contributed by atoms with Crippen LogP contribution in [0.4, 0.5) is 0 Å². The Balaban J connectivity index is 1.51. The fourth-order valence-electron chi connectivity index (χ4n) is 3.98. The highest BCUT2D eigenvalue weighted by Gasteiger charge is 2.23. The van der Waals surface area contributed by atoms with E-state index in [4.69, 9.17) is 5.26 Å². The number of hydrogen-bond donors (Lipinski definition) is 1. The predicted molar refractivity (Wildman–Crippen MR) is 108 cm³/mol. The highest BCUT2D eigenvalue weighted by Crippen LogP contribution is 2.21. The lowest BCUT2D eigenvalue weighted by Gasteiger charge is -2.18. The van der Waals surface area contributed by atoms with Crippen LogP contribution in [0.3, 0.4) is 0 Å². The number of pyridine rings is 2. The SMILES string of the molecule is Cc1ccccc1CN1CC[C@@H](Cn2ccc3[nH]c(=O)c(C#N)cc3c2=O)C1. The molecule has 0 saturated carbocycles. The van der Waals surface area contributed by atoms with Crippen LogP contribution in [0.15, 0.2) is 52.2 Å². The zero-order chi connectivity index (χ0) is 19.7. The molecular formula is C22H22N4O2. The zero-order valence-corrected chi connectivity index (χ0v) is 15.8. The van der Waals surface area contributed by atoms with Gasteiger partial charge in [0, 0.05) is 25.8 Å². The molecule has 0 amide bonds. The number of aromatic nitrogens is 2. The van der Waals surface area contributed by atoms with E-state index in [1.807, 2.05) is 6.07 Å². The molecule has 0 spiro atoms. The number of hydrogen-bond acceptors (Lipinski definition) is 4. The van der Waals surface area contributed by atoms with Gasteiger partial charge in [0.2, 0.25) is 0 Å². The summed E-state index contributed by atoms with van der Waals surface area (Å²) in [6.45, 7) is 5.68. The molecule has 1 aromatic carbocycles. The Labute approximate surface area is 162 Å². The lowest BCUT2D eigenvalue weighted by atomic mass is 10.1. The highest BCUT2D eigenvalue weighted by atomic mass is 16.1. The van der Waals surface area contributed by atoms with Gasteiger partial charge in [0.05, 0.1) is 10.9 Å². The summed E-state index contributed by atoms with van der Waals surface area (Å²) in [7, 11) is 0. The molecule has 28 heavy (non-hydrogen) atoms. The van der Waals surface area contributed by atoms with E-state index in [2.05, 4.69) is 41.1 Å². The van der Waals surface area contributed by atoms with E-state index in [0.717, 1.165) is 26.1 Å². The second-order valence-corrected chi connectivity index (χ2v) is 7.54. The number of rotatable bonds is 4. The van der Waals surface area contributed by atoms with E-state index >= 15 is 0 Å². The molecule has 1 aliphatic heterocycles. The predicted octanol–water partition coefficient (Wildman–Crippen LogP) is 2.39. The van der Waals surface area contributed by atoms with Gasteiger partial charge in [-0.2, -0.15) is 5.26 Å². The van der Waals surface area contributed by atoms with Gasteiger partial charge in [0.1, 0.15) is 11.6 Å². The molecular weight excluding hydrogens is 352 g/mol. The molecule has 4 rings (SSSR count). The Kier molecular flexibility index (Phi) is 4.84. The first-order chi connectivity index (χ1) is 13.5. The quantitative estimate of drug-likeness (QED) is 0.760. The summed E-state index contributed by atoms with van der Waals surface area (Å²) >= 11 is 0. The summed E-state index contributed by atoms with van der Waals surface area (Å²) in [4.78, 5) is 29.6. The summed E-state index contributed by atoms with van der Waals surface area (Å²) < 4.78 is 1.70. The average molecular weight is 374 g/mol. The van der Waals surface area contributed by atoms with Crippen LogP contribution < -0.4 is 11.1 Å². The Bertz CT molecular complexity index is 1190. The summed E-state index contributed by atoms with van der Waals surface area (Å²) in [5.41, 5.74) is 2.46. The van der Waals surface area contributed by atoms with Crippen LogP contribution in [0.2, 0.25) is 0 Å². The molecule has 3 aromatic rings. The molecule has 142 valence electrons. The van der Waals surface area contributed by atoms with Gasteiger partial charge in [0.15, 0.2) is 0 Å². The first kappa shape index (κ1) is 18.2. The van der Waals surface area contributed by atoms with Gasteiger partial charge < -0.3 is 9.55 Å². The van der Waals surface area contributed by atoms with Crippen molar-refractivity contribution < 1.29 is 0 Å². The Hall–Kier alpha value is -3.17. The van der Waals surface area contributed by atoms with E-state index in [1.165, 1.54) is 17.2 Å². The number of nitriles is 1. The molecule has 1 N–H and O–H groups in total. The van der Waals surface area contributed by atoms with Crippen LogP contribution in [0.5, 0.6) is 0 Å². The zero-order valence-electron chi connectivity index (χ0n) is 15.8. The van der Waals surface area contributed by atoms with Crippen molar-refractivity contribution in [3.63, 3.8) is 0 Å². The number of aromatic amines is 1. The van der Waals surface area contributed by atoms with Crippen molar-refractivity contribution in [3.8, 4) is 6.07 Å². The monoisotopic (exact) mass is 374 g/mol. The highest BCUT2D eigenvalue weighted by molar-refractivity contribution is 5.78. The van der Waals surface area contributed by atoms with E-state index in [0.29, 0.717) is 23.4 Å². The molecule has 1 aliphatic rings. The van der Waals surface area contributed by atoms with Crippen molar-refractivity contribution in [2.24, 2.45) is 5.92 Å². The number of aryl methyl sites for hydroxylation is 1. The lowest BCUT2D eigenvalue weighted by Crippen LogP contribution is -2.27. The van der Waals surface area contributed by atoms with Gasteiger partial charge in [0.25, 0.3) is 11.1 Å². The summed E-state index contributed by atoms with van der Waals surface area (Å²) in [6, 6.07) is 13.4. The van der Waals surface area contributed by atoms with Crippen molar-refractivity contribution in [1.29, 1.82) is 5.26 Å². The summed E-state index contributed by atoms with van der Waals surface area (Å²) in [5.74, 6) is 0.400. The standard InChI is InChI=1S/C22H22N4O2/c1-15-4-2-3-5-17(15)14-25-8-6-16(12-25)13-26-9-7-20-19(22(26)28)10-18(11-23)21(27)24-20/h2-5,7,9-10,16H,6,8,12-14H2,1H3,(H,24,27)/t16-/m1/s1. The molecule has 0 unspecified atom stereocenters. The molecule has 0 bridgehead atoms. The van der Waals surface area contributed by atoms with Crippen molar-refractivity contribution in [3.05, 3.63) is 80.0 Å². The second kappa shape index (κ2) is 7.45. The van der Waals surface area contributed by atoms with Crippen LogP contribution in [0.25, 0.3) is 10.9 Å². The van der Waals surface area contributed by atoms with Crippen molar-refractivity contribution in [2.45, 2.75) is 26.4 Å². The van der Waals surface area contributed by atoms with Gasteiger partial charge in [-0.15, -0.1) is 0 Å². The van der Waals surface area contributed by atoms with Gasteiger partial charge >= 0.3 is 0 Å². The van der Waals surface area contributed by atoms with Gasteiger partial charge in [-0.1, -0.05) is 24.3 Å². The summed E-state index contributed by atoms with van der Waals surface area (Å²) in [5, 5.41) is 9.44. The van der Waals surface area contributed by atoms with Gasteiger partial charge in [-0.25, -0.2) is 0 Å². The maximum absolute atomic E-state index is 12.8. The maximum Gasteiger partial charge on any atom is 0.266 e. The third-order valence-corrected chi connectivity index (χ3v) is 5.58. The van der Waals surface area contributed by atoms with E-state index in [9.17, 15) is 9.59 Å². The Morgan fingerprint density at radius 1 is 1.25 bits per heavy atom. The molecule has 0 aliphatic carbocycles. The van der Waals surface area contributed by atoms with Crippen molar-refractivity contribution >= 4 is 10.9 Å². The molecule has 6 nitrogen and oxygen atoms in total. The molecule has 1 atom stereocenters. The lowest BCUT2D eigenvalue weighted by molar-refractivity contribution is 0.308. The second-order valence-electron chi connectivity index (χ2n) is 7.54. The maximum atomic E-state index is 12.8. The van der Waals surface area contributed by atoms with E-state index < -0.39 is 5.56 Å². The van der Waals surface area contributed by atoms with E-state index in [1.54, 1.807) is 16.8 Å². The third-order valence-electron chi connectivity index (χ3n) is 5.58. The van der Waals surface area contributed by atoms with Gasteiger partial charge in [-0.05, 0) is 49.1 Å². The molecule has 6 heteroatoms. The molecule has 1 fully saturated rings. The number of H-pyrrole nitrogens is 1. The first-order valence-corrected chi connectivity index (χ1v) is 9.48. The van der Waals surface area contributed by atoms with Crippen molar-refractivity contribution in [1.82, 2.24) is 14.5 Å². The van der Waals surface area contributed by atoms with Crippen LogP contribution >= 0.6 is 0 Å². The Morgan fingerprint density at radius 3 is 2.86 bits per heavy atom. The fraction of sp³-hybridized carbons (Fsp3) is 0.318. The van der Waals surface area contributed by atoms with Crippen LogP contribution in [-0.4, -0.2) is 27.5 Å². The number of benzene rings is 1. The minimum atomic E-state index is -0.463. The fourth-order valence-corrected chi connectivity index (χ4v) is 3.98. The summed E-state index contributed by atoms with van der Waals surface area (Å²) in [6.07, 6.45) is 2.78. The first-order valence-electron chi connectivity index (χ1n) is 9.48. The molecule has 1 saturated heterocycles. The normalized spacial score (nSPS) is 17.1. The number of nitrogens with zero attached hydrogens (tertiary/aromatic N) is 3. The third kappa shape index (κ3) is 3.49. The minimum Gasteiger partial charge on any atom is -0.321 e. The number of likely N-dealkylation sites (tertiary alicyclic amines) is 1. The molecule has 0 radical (unpaired) electrons. The molecule has 3 heterocycles. The van der Waals surface area contributed by atoms with Gasteiger partial charge in [-0.3, -0.25) is 14.5 Å². The smallest absolute Gasteiger partial charge is 0.266 e. The van der Waals surface area contributed by atoms with Crippen LogP contribution in [-0.2, 0) is 13.1 Å². The van der Waals surface area contributed by atoms with E-state index in [-0.39, 0.29) is 11.1 Å². The average Bonchev–Trinajstić information content (AvgIpc) is 3.12. The topological polar surface area (TPSA) is 81.9 Å². The number of nitrogens with one attached hydrogen (secondary N) is 1. The van der Waals surface area contributed by atoms with Crippen LogP contribution in [0.1, 0.15) is 23.1 Å². The number of fused-ring (bicyclic) bond motifs is 1. The largest absolute Gasteiger partial charge is 0.321 e. The van der Waals surface area contributed by atoms with Crippen molar-refractivity contribution in [2.75, 3.05) is 13.1 Å². The minimum absolute atomic E-state index is 0.0346. The van der Waals surface area contributed by atoms with Crippen LogP contribution in [0, 0.1) is 24.2 Å². The molecule has 2 aromatic heterocycles.